The van der Waals surface area contributed by atoms with Gasteiger partial charge in [-0.25, -0.2) is 4.68 Å². The predicted molar refractivity (Wildman–Crippen MR) is 95.2 cm³/mol. The van der Waals surface area contributed by atoms with Crippen LogP contribution in [0.1, 0.15) is 40.3 Å². The number of hydrogen-bond acceptors (Lipinski definition) is 3. The summed E-state index contributed by atoms with van der Waals surface area (Å²) in [4.78, 5) is 24.5. The van der Waals surface area contributed by atoms with Gasteiger partial charge < -0.3 is 5.32 Å². The Morgan fingerprint density at radius 2 is 2.00 bits per heavy atom. The van der Waals surface area contributed by atoms with E-state index in [1.54, 1.807) is 24.9 Å². The maximum absolute atomic E-state index is 12.8. The van der Waals surface area contributed by atoms with Crippen molar-refractivity contribution < 1.29 is 18.0 Å². The van der Waals surface area contributed by atoms with Crippen molar-refractivity contribution in [2.75, 3.05) is 0 Å². The molecule has 0 aliphatic rings. The van der Waals surface area contributed by atoms with Gasteiger partial charge >= 0.3 is 6.18 Å². The standard InChI is InChI=1S/C18H18F3N5O2/c1-10(14-9-22-25(3)11(14)2)23-17(28)12-5-4-6-13(7-12)26-16(27)8-15(24-26)18(19,20)21/h4-10,24H,1-3H3,(H,23,28). The lowest BCUT2D eigenvalue weighted by Crippen LogP contribution is -2.27. The van der Waals surface area contributed by atoms with Gasteiger partial charge in [-0.05, 0) is 32.0 Å². The number of hydrogen-bond donors (Lipinski definition) is 2. The average molecular weight is 393 g/mol. The highest BCUT2D eigenvalue weighted by Crippen LogP contribution is 2.26. The molecule has 0 aliphatic heterocycles. The second-order valence-corrected chi connectivity index (χ2v) is 6.40. The smallest absolute Gasteiger partial charge is 0.345 e. The summed E-state index contributed by atoms with van der Waals surface area (Å²) in [5, 5.41) is 8.97. The number of amides is 1. The molecule has 0 bridgehead atoms. The lowest BCUT2D eigenvalue weighted by atomic mass is 10.1. The molecule has 2 N–H and O–H groups in total. The van der Waals surface area contributed by atoms with Gasteiger partial charge in [0, 0.05) is 29.9 Å². The molecule has 2 aromatic heterocycles. The molecule has 3 rings (SSSR count). The van der Waals surface area contributed by atoms with Crippen LogP contribution in [0.5, 0.6) is 0 Å². The zero-order chi connectivity index (χ0) is 20.6. The predicted octanol–water partition coefficient (Wildman–Crippen LogP) is 2.72. The number of aryl methyl sites for hydroxylation is 1. The Bertz CT molecular complexity index is 1080. The summed E-state index contributed by atoms with van der Waals surface area (Å²) >= 11 is 0. The number of carbonyl (C=O) groups is 1. The Balaban J connectivity index is 1.85. The Morgan fingerprint density at radius 1 is 1.29 bits per heavy atom. The van der Waals surface area contributed by atoms with Crippen LogP contribution in [0.2, 0.25) is 0 Å². The van der Waals surface area contributed by atoms with Crippen molar-refractivity contribution in [1.29, 1.82) is 0 Å². The summed E-state index contributed by atoms with van der Waals surface area (Å²) in [6, 6.07) is 5.93. The lowest BCUT2D eigenvalue weighted by Gasteiger charge is -2.14. The van der Waals surface area contributed by atoms with Crippen molar-refractivity contribution in [1.82, 2.24) is 24.9 Å². The summed E-state index contributed by atoms with van der Waals surface area (Å²) in [6.07, 6.45) is -3.01. The summed E-state index contributed by atoms with van der Waals surface area (Å²) in [6.45, 7) is 3.68. The third-order valence-electron chi connectivity index (χ3n) is 4.48. The van der Waals surface area contributed by atoms with E-state index in [0.717, 1.165) is 15.9 Å². The molecule has 2 heterocycles. The van der Waals surface area contributed by atoms with Gasteiger partial charge in [-0.15, -0.1) is 0 Å². The topological polar surface area (TPSA) is 84.7 Å². The number of aromatic nitrogens is 4. The number of nitrogens with one attached hydrogen (secondary N) is 2. The Hall–Kier alpha value is -3.30. The third kappa shape index (κ3) is 3.71. The Labute approximate surface area is 157 Å². The fraction of sp³-hybridized carbons (Fsp3) is 0.278. The molecule has 1 unspecified atom stereocenters. The summed E-state index contributed by atoms with van der Waals surface area (Å²) in [7, 11) is 1.79. The van der Waals surface area contributed by atoms with Gasteiger partial charge in [0.15, 0.2) is 0 Å². The SMILES string of the molecule is Cc1c(C(C)NC(=O)c2cccc(-n3[nH]c(C(F)(F)F)cc3=O)c2)cnn1C. The highest BCUT2D eigenvalue weighted by molar-refractivity contribution is 5.95. The molecular formula is C18H18F3N5O2. The molecule has 1 aromatic carbocycles. The van der Waals surface area contributed by atoms with Crippen LogP contribution in [0.15, 0.2) is 41.3 Å². The minimum absolute atomic E-state index is 0.123. The van der Waals surface area contributed by atoms with E-state index in [9.17, 15) is 22.8 Å². The van der Waals surface area contributed by atoms with Crippen LogP contribution >= 0.6 is 0 Å². The molecule has 0 fully saturated rings. The van der Waals surface area contributed by atoms with Crippen LogP contribution in [0, 0.1) is 6.92 Å². The van der Waals surface area contributed by atoms with E-state index in [1.165, 1.54) is 24.3 Å². The molecule has 1 amide bonds. The maximum atomic E-state index is 12.8. The first-order valence-electron chi connectivity index (χ1n) is 8.37. The molecule has 1 atom stereocenters. The van der Waals surface area contributed by atoms with Crippen molar-refractivity contribution in [2.45, 2.75) is 26.1 Å². The normalized spacial score (nSPS) is 12.8. The highest BCUT2D eigenvalue weighted by atomic mass is 19.4. The molecule has 0 saturated carbocycles. The fourth-order valence-electron chi connectivity index (χ4n) is 2.82. The van der Waals surface area contributed by atoms with Crippen molar-refractivity contribution in [2.24, 2.45) is 7.05 Å². The summed E-state index contributed by atoms with van der Waals surface area (Å²) < 4.78 is 40.8. The first-order valence-corrected chi connectivity index (χ1v) is 8.37. The number of halogens is 3. The minimum atomic E-state index is -4.67. The van der Waals surface area contributed by atoms with Gasteiger partial charge in [-0.2, -0.15) is 18.3 Å². The molecule has 0 radical (unpaired) electrons. The van der Waals surface area contributed by atoms with Crippen LogP contribution in [0.4, 0.5) is 13.2 Å². The minimum Gasteiger partial charge on any atom is -0.345 e. The van der Waals surface area contributed by atoms with Gasteiger partial charge in [-0.3, -0.25) is 19.4 Å². The molecule has 0 aliphatic carbocycles. The molecule has 148 valence electrons. The Kier molecular flexibility index (Phi) is 4.88. The van der Waals surface area contributed by atoms with E-state index in [0.29, 0.717) is 6.07 Å². The summed E-state index contributed by atoms with van der Waals surface area (Å²) in [5.74, 6) is -0.423. The number of carbonyl (C=O) groups excluding carboxylic acids is 1. The number of benzene rings is 1. The highest BCUT2D eigenvalue weighted by Gasteiger charge is 2.33. The average Bonchev–Trinajstić information content (AvgIpc) is 3.18. The molecule has 7 nitrogen and oxygen atoms in total. The quantitative estimate of drug-likeness (QED) is 0.715. The molecule has 3 aromatic rings. The second-order valence-electron chi connectivity index (χ2n) is 6.40. The van der Waals surface area contributed by atoms with E-state index >= 15 is 0 Å². The van der Waals surface area contributed by atoms with Gasteiger partial charge in [0.05, 0.1) is 17.9 Å². The number of nitrogens with zero attached hydrogens (tertiary/aromatic N) is 3. The van der Waals surface area contributed by atoms with Crippen LogP contribution in [0.3, 0.4) is 0 Å². The van der Waals surface area contributed by atoms with Gasteiger partial charge in [-0.1, -0.05) is 6.07 Å². The van der Waals surface area contributed by atoms with Crippen LogP contribution in [-0.4, -0.2) is 25.5 Å². The van der Waals surface area contributed by atoms with E-state index in [4.69, 9.17) is 0 Å². The number of H-pyrrole nitrogens is 1. The van der Waals surface area contributed by atoms with Crippen LogP contribution in [-0.2, 0) is 13.2 Å². The zero-order valence-corrected chi connectivity index (χ0v) is 15.3. The Morgan fingerprint density at radius 3 is 2.57 bits per heavy atom. The molecule has 10 heteroatoms. The van der Waals surface area contributed by atoms with Crippen molar-refractivity contribution >= 4 is 5.91 Å². The van der Waals surface area contributed by atoms with Crippen LogP contribution < -0.4 is 10.9 Å². The number of rotatable bonds is 4. The van der Waals surface area contributed by atoms with Crippen molar-refractivity contribution in [3.63, 3.8) is 0 Å². The van der Waals surface area contributed by atoms with E-state index in [-0.39, 0.29) is 17.3 Å². The first kappa shape index (κ1) is 19.5. The van der Waals surface area contributed by atoms with Crippen molar-refractivity contribution in [3.05, 3.63) is 69.4 Å². The molecule has 0 saturated heterocycles. The first-order chi connectivity index (χ1) is 13.1. The van der Waals surface area contributed by atoms with Gasteiger partial charge in [0.1, 0.15) is 5.69 Å². The zero-order valence-electron chi connectivity index (χ0n) is 15.3. The molecular weight excluding hydrogens is 375 g/mol. The van der Waals surface area contributed by atoms with E-state index in [2.05, 4.69) is 10.4 Å². The molecule has 28 heavy (non-hydrogen) atoms. The van der Waals surface area contributed by atoms with Crippen LogP contribution in [0.25, 0.3) is 5.69 Å². The fourth-order valence-corrected chi connectivity index (χ4v) is 2.82. The third-order valence-corrected chi connectivity index (χ3v) is 4.48. The van der Waals surface area contributed by atoms with E-state index in [1.807, 2.05) is 12.0 Å². The van der Waals surface area contributed by atoms with Crippen molar-refractivity contribution in [3.8, 4) is 5.69 Å². The monoisotopic (exact) mass is 393 g/mol. The van der Waals surface area contributed by atoms with Gasteiger partial charge in [0.25, 0.3) is 11.5 Å². The number of aromatic amines is 1. The number of alkyl halides is 3. The second kappa shape index (κ2) is 7.02. The molecule has 0 spiro atoms. The maximum Gasteiger partial charge on any atom is 0.432 e. The van der Waals surface area contributed by atoms with E-state index < -0.39 is 23.3 Å². The lowest BCUT2D eigenvalue weighted by molar-refractivity contribution is -0.141. The summed E-state index contributed by atoms with van der Waals surface area (Å²) in [5.41, 5.74) is 0.0539. The largest absolute Gasteiger partial charge is 0.432 e. The van der Waals surface area contributed by atoms with Gasteiger partial charge in [0.2, 0.25) is 0 Å².